The predicted octanol–water partition coefficient (Wildman–Crippen LogP) is 2.92. The minimum atomic E-state index is -0.462. The Morgan fingerprint density at radius 1 is 1.08 bits per heavy atom. The Hall–Kier alpha value is -3.28. The smallest absolute Gasteiger partial charge is 0.346 e. The number of carbonyl (C=O) groups excluding carboxylic acids is 1. The Morgan fingerprint density at radius 2 is 1.88 bits per heavy atom. The fourth-order valence-corrected chi connectivity index (χ4v) is 2.58. The van der Waals surface area contributed by atoms with E-state index in [9.17, 15) is 4.79 Å². The molecular weight excluding hydrogens is 320 g/mol. The van der Waals surface area contributed by atoms with E-state index in [0.29, 0.717) is 42.6 Å². The second-order valence-corrected chi connectivity index (χ2v) is 5.61. The number of hydrogen-bond donors (Lipinski definition) is 0. The van der Waals surface area contributed by atoms with E-state index in [2.05, 4.69) is 5.10 Å². The zero-order valence-electron chi connectivity index (χ0n) is 13.4. The van der Waals surface area contributed by atoms with E-state index in [1.807, 2.05) is 30.3 Å². The molecule has 0 bridgehead atoms. The van der Waals surface area contributed by atoms with E-state index < -0.39 is 5.97 Å². The summed E-state index contributed by atoms with van der Waals surface area (Å²) in [7, 11) is 0. The number of carbonyl (C=O) groups is 1. The summed E-state index contributed by atoms with van der Waals surface area (Å²) in [6.45, 7) is 1.60. The van der Waals surface area contributed by atoms with Crippen molar-refractivity contribution in [2.75, 3.05) is 13.2 Å². The normalized spacial score (nSPS) is 12.6. The van der Waals surface area contributed by atoms with Crippen LogP contribution in [-0.4, -0.2) is 29.0 Å². The molecule has 6 nitrogen and oxygen atoms in total. The first-order valence-electron chi connectivity index (χ1n) is 7.96. The summed E-state index contributed by atoms with van der Waals surface area (Å²) in [4.78, 5) is 12.3. The molecule has 3 aromatic rings. The molecule has 1 aliphatic heterocycles. The molecule has 6 heteroatoms. The molecule has 0 unspecified atom stereocenters. The van der Waals surface area contributed by atoms with Crippen molar-refractivity contribution in [1.29, 1.82) is 0 Å². The molecule has 1 aliphatic rings. The van der Waals surface area contributed by atoms with Gasteiger partial charge in [-0.1, -0.05) is 30.3 Å². The van der Waals surface area contributed by atoms with Crippen molar-refractivity contribution in [2.45, 2.75) is 6.54 Å². The van der Waals surface area contributed by atoms with Crippen molar-refractivity contribution in [3.63, 3.8) is 0 Å². The van der Waals surface area contributed by atoms with Gasteiger partial charge >= 0.3 is 5.97 Å². The van der Waals surface area contributed by atoms with Crippen LogP contribution in [0.15, 0.2) is 60.9 Å². The Morgan fingerprint density at radius 3 is 2.72 bits per heavy atom. The monoisotopic (exact) mass is 336 g/mol. The molecule has 126 valence electrons. The lowest BCUT2D eigenvalue weighted by Gasteiger charge is -2.18. The summed E-state index contributed by atoms with van der Waals surface area (Å²) in [5.41, 5.74) is 1.50. The average molecular weight is 336 g/mol. The van der Waals surface area contributed by atoms with E-state index in [1.54, 1.807) is 29.1 Å². The highest BCUT2D eigenvalue weighted by molar-refractivity contribution is 5.90. The van der Waals surface area contributed by atoms with Crippen molar-refractivity contribution in [3.8, 4) is 17.2 Å². The summed E-state index contributed by atoms with van der Waals surface area (Å²) in [5, 5.41) is 4.22. The number of fused-ring (bicyclic) bond motifs is 1. The summed E-state index contributed by atoms with van der Waals surface area (Å²) in [5.74, 6) is 1.18. The van der Waals surface area contributed by atoms with E-state index in [-0.39, 0.29) is 0 Å². The lowest BCUT2D eigenvalue weighted by atomic mass is 10.2. The van der Waals surface area contributed by atoms with Gasteiger partial charge in [0.1, 0.15) is 19.0 Å². The molecular formula is C19H16N2O4. The first-order chi connectivity index (χ1) is 12.3. The van der Waals surface area contributed by atoms with Gasteiger partial charge in [0.25, 0.3) is 0 Å². The van der Waals surface area contributed by atoms with Gasteiger partial charge in [-0.05, 0) is 17.7 Å². The minimum absolute atomic E-state index is 0.394. The van der Waals surface area contributed by atoms with Gasteiger partial charge in [-0.15, -0.1) is 0 Å². The molecule has 4 rings (SSSR count). The Labute approximate surface area is 144 Å². The number of rotatable bonds is 4. The maximum atomic E-state index is 12.3. The highest BCUT2D eigenvalue weighted by atomic mass is 16.6. The van der Waals surface area contributed by atoms with Crippen molar-refractivity contribution in [2.24, 2.45) is 0 Å². The fourth-order valence-electron chi connectivity index (χ4n) is 2.58. The molecule has 0 radical (unpaired) electrons. The zero-order chi connectivity index (χ0) is 17.1. The summed E-state index contributed by atoms with van der Waals surface area (Å²) >= 11 is 0. The van der Waals surface area contributed by atoms with Crippen LogP contribution in [0.25, 0.3) is 0 Å². The second kappa shape index (κ2) is 6.68. The van der Waals surface area contributed by atoms with Gasteiger partial charge in [-0.2, -0.15) is 5.10 Å². The van der Waals surface area contributed by atoms with Gasteiger partial charge < -0.3 is 14.2 Å². The molecule has 2 aromatic carbocycles. The third-order valence-electron chi connectivity index (χ3n) is 3.78. The summed E-state index contributed by atoms with van der Waals surface area (Å²) in [6.07, 6.45) is 3.18. The molecule has 0 spiro atoms. The first-order valence-corrected chi connectivity index (χ1v) is 7.96. The molecule has 0 saturated heterocycles. The van der Waals surface area contributed by atoms with Crippen LogP contribution in [0.2, 0.25) is 0 Å². The lowest BCUT2D eigenvalue weighted by Crippen LogP contribution is -2.15. The van der Waals surface area contributed by atoms with Gasteiger partial charge in [0.15, 0.2) is 11.5 Å². The Bertz CT molecular complexity index is 889. The van der Waals surface area contributed by atoms with Gasteiger partial charge in [0.2, 0.25) is 0 Å². The van der Waals surface area contributed by atoms with Crippen LogP contribution < -0.4 is 14.2 Å². The van der Waals surface area contributed by atoms with Crippen LogP contribution >= 0.6 is 0 Å². The maximum absolute atomic E-state index is 12.3. The van der Waals surface area contributed by atoms with E-state index in [1.165, 1.54) is 6.20 Å². The van der Waals surface area contributed by atoms with Gasteiger partial charge in [-0.3, -0.25) is 4.68 Å². The third-order valence-corrected chi connectivity index (χ3v) is 3.78. The van der Waals surface area contributed by atoms with Gasteiger partial charge in [0.05, 0.1) is 18.3 Å². The van der Waals surface area contributed by atoms with Crippen LogP contribution in [0.5, 0.6) is 17.2 Å². The summed E-state index contributed by atoms with van der Waals surface area (Å²) < 4.78 is 18.0. The third kappa shape index (κ3) is 3.47. The Balaban J connectivity index is 1.45. The van der Waals surface area contributed by atoms with Crippen molar-refractivity contribution in [3.05, 3.63) is 72.1 Å². The number of hydrogen-bond acceptors (Lipinski definition) is 5. The molecule has 1 aromatic heterocycles. The average Bonchev–Trinajstić information content (AvgIpc) is 3.11. The number of nitrogens with zero attached hydrogens (tertiary/aromatic N) is 2. The fraction of sp³-hybridized carbons (Fsp3) is 0.158. The second-order valence-electron chi connectivity index (χ2n) is 5.61. The van der Waals surface area contributed by atoms with Crippen molar-refractivity contribution in [1.82, 2.24) is 9.78 Å². The standard InChI is InChI=1S/C19H16N2O4/c22-19(25-16-6-7-17-18(10-16)24-9-8-23-17)15-11-20-21(13-15)12-14-4-2-1-3-5-14/h1-7,10-11,13H,8-9,12H2. The van der Waals surface area contributed by atoms with Crippen LogP contribution in [0, 0.1) is 0 Å². The minimum Gasteiger partial charge on any atom is -0.486 e. The number of ether oxygens (including phenoxy) is 3. The topological polar surface area (TPSA) is 62.6 Å². The van der Waals surface area contributed by atoms with Crippen molar-refractivity contribution >= 4 is 5.97 Å². The van der Waals surface area contributed by atoms with E-state index in [4.69, 9.17) is 14.2 Å². The lowest BCUT2D eigenvalue weighted by molar-refractivity contribution is 0.0733. The van der Waals surface area contributed by atoms with E-state index >= 15 is 0 Å². The molecule has 0 atom stereocenters. The quantitative estimate of drug-likeness (QED) is 0.541. The van der Waals surface area contributed by atoms with Crippen LogP contribution in [-0.2, 0) is 6.54 Å². The Kier molecular flexibility index (Phi) is 4.08. The molecule has 0 fully saturated rings. The predicted molar refractivity (Wildman–Crippen MR) is 90.2 cm³/mol. The highest BCUT2D eigenvalue weighted by Crippen LogP contribution is 2.33. The molecule has 0 saturated carbocycles. The maximum Gasteiger partial charge on any atom is 0.346 e. The molecule has 25 heavy (non-hydrogen) atoms. The molecule has 0 N–H and O–H groups in total. The first kappa shape index (κ1) is 15.3. The van der Waals surface area contributed by atoms with Crippen LogP contribution in [0.3, 0.4) is 0 Å². The largest absolute Gasteiger partial charge is 0.486 e. The number of aromatic nitrogens is 2. The molecule has 2 heterocycles. The molecule has 0 aliphatic carbocycles. The molecule has 0 amide bonds. The van der Waals surface area contributed by atoms with Crippen molar-refractivity contribution < 1.29 is 19.0 Å². The number of benzene rings is 2. The van der Waals surface area contributed by atoms with E-state index in [0.717, 1.165) is 5.56 Å². The van der Waals surface area contributed by atoms with Crippen LogP contribution in [0.4, 0.5) is 0 Å². The van der Waals surface area contributed by atoms with Gasteiger partial charge in [-0.25, -0.2) is 4.79 Å². The van der Waals surface area contributed by atoms with Gasteiger partial charge in [0, 0.05) is 12.3 Å². The van der Waals surface area contributed by atoms with Crippen LogP contribution in [0.1, 0.15) is 15.9 Å². The zero-order valence-corrected chi connectivity index (χ0v) is 13.4. The number of esters is 1. The highest BCUT2D eigenvalue weighted by Gasteiger charge is 2.16. The summed E-state index contributed by atoms with van der Waals surface area (Å²) in [6, 6.07) is 15.0. The SMILES string of the molecule is O=C(Oc1ccc2c(c1)OCCO2)c1cnn(Cc2ccccc2)c1.